The fourth-order valence-electron chi connectivity index (χ4n) is 7.85. The fourth-order valence-corrected chi connectivity index (χ4v) is 8.54. The Kier molecular flexibility index (Phi) is 11.1. The molecule has 2 saturated heterocycles. The minimum Gasteiger partial charge on any atom is -0.444 e. The highest BCUT2D eigenvalue weighted by Gasteiger charge is 2.42. The Balaban J connectivity index is 1.14. The highest BCUT2D eigenvalue weighted by molar-refractivity contribution is 7.99. The van der Waals surface area contributed by atoms with Gasteiger partial charge in [0.15, 0.2) is 0 Å². The summed E-state index contributed by atoms with van der Waals surface area (Å²) in [6.45, 7) is 15.1. The molecule has 51 heavy (non-hydrogen) atoms. The topological polar surface area (TPSA) is 100 Å². The van der Waals surface area contributed by atoms with Crippen LogP contribution in [-0.4, -0.2) is 79.5 Å². The molecule has 2 amide bonds. The Morgan fingerprint density at radius 3 is 2.08 bits per heavy atom. The number of aromatic amines is 1. The van der Waals surface area contributed by atoms with E-state index in [1.807, 2.05) is 69.3 Å². The van der Waals surface area contributed by atoms with Crippen molar-refractivity contribution in [2.45, 2.75) is 135 Å². The van der Waals surface area contributed by atoms with E-state index in [4.69, 9.17) is 19.5 Å². The summed E-state index contributed by atoms with van der Waals surface area (Å²) in [7, 11) is 0. The zero-order chi connectivity index (χ0) is 36.5. The number of carbonyl (C=O) groups is 2. The Morgan fingerprint density at radius 2 is 1.49 bits per heavy atom. The summed E-state index contributed by atoms with van der Waals surface area (Å²) in [4.78, 5) is 43.5. The summed E-state index contributed by atoms with van der Waals surface area (Å²) in [5.41, 5.74) is 7.48. The first-order valence-electron chi connectivity index (χ1n) is 18.9. The molecular weight excluding hydrogens is 659 g/mol. The third kappa shape index (κ3) is 8.75. The van der Waals surface area contributed by atoms with E-state index in [0.717, 1.165) is 80.7 Å². The minimum absolute atomic E-state index is 0.0253. The Bertz CT molecular complexity index is 1680. The van der Waals surface area contributed by atoms with E-state index < -0.39 is 11.2 Å². The maximum absolute atomic E-state index is 13.3. The zero-order valence-electron chi connectivity index (χ0n) is 31.9. The van der Waals surface area contributed by atoms with Crippen molar-refractivity contribution < 1.29 is 19.1 Å². The van der Waals surface area contributed by atoms with Crippen LogP contribution >= 0.6 is 11.8 Å². The number of imidazole rings is 1. The number of aromatic nitrogens is 2. The summed E-state index contributed by atoms with van der Waals surface area (Å²) < 4.78 is 11.5. The lowest BCUT2D eigenvalue weighted by molar-refractivity contribution is 0.0216. The quantitative estimate of drug-likeness (QED) is 0.302. The van der Waals surface area contributed by atoms with Crippen LogP contribution in [0.3, 0.4) is 0 Å². The van der Waals surface area contributed by atoms with Crippen molar-refractivity contribution in [3.8, 4) is 0 Å². The minimum atomic E-state index is -0.532. The third-order valence-corrected chi connectivity index (χ3v) is 11.5. The number of hydrogen-bond donors (Lipinski definition) is 1. The number of rotatable bonds is 7. The summed E-state index contributed by atoms with van der Waals surface area (Å²) in [6.07, 6.45) is 23.4. The van der Waals surface area contributed by atoms with E-state index in [0.29, 0.717) is 24.3 Å². The van der Waals surface area contributed by atoms with Crippen molar-refractivity contribution in [1.82, 2.24) is 19.8 Å². The van der Waals surface area contributed by atoms with Gasteiger partial charge in [0.05, 0.1) is 29.7 Å². The SMILES string of the molecule is CCC1CC=C(C2=CC=C(C3=CC=C(c4cnc(C5CCCN5C(=O)OC(C)(C)C)[nH]4)CC3)CC2)N=C1C1CC(SC)CN1C(=O)OC(C)(C)C. The van der Waals surface area contributed by atoms with Crippen LogP contribution in [0.15, 0.2) is 64.0 Å². The maximum Gasteiger partial charge on any atom is 0.410 e. The van der Waals surface area contributed by atoms with Gasteiger partial charge in [0, 0.05) is 30.0 Å². The van der Waals surface area contributed by atoms with E-state index in [9.17, 15) is 9.59 Å². The van der Waals surface area contributed by atoms with Gasteiger partial charge in [0.2, 0.25) is 0 Å². The van der Waals surface area contributed by atoms with Crippen molar-refractivity contribution >= 4 is 35.2 Å². The van der Waals surface area contributed by atoms with E-state index in [2.05, 4.69) is 48.5 Å². The molecule has 0 saturated carbocycles. The monoisotopic (exact) mass is 715 g/mol. The van der Waals surface area contributed by atoms with E-state index in [-0.39, 0.29) is 24.3 Å². The van der Waals surface area contributed by atoms with E-state index >= 15 is 0 Å². The average molecular weight is 716 g/mol. The van der Waals surface area contributed by atoms with Crippen LogP contribution in [0.1, 0.15) is 124 Å². The maximum atomic E-state index is 13.3. The first-order chi connectivity index (χ1) is 24.2. The third-order valence-electron chi connectivity index (χ3n) is 10.5. The van der Waals surface area contributed by atoms with Gasteiger partial charge in [0.25, 0.3) is 0 Å². The molecule has 0 spiro atoms. The van der Waals surface area contributed by atoms with Crippen LogP contribution in [0.25, 0.3) is 5.57 Å². The first kappa shape index (κ1) is 37.2. The number of allylic oxidation sites excluding steroid dienone is 9. The van der Waals surface area contributed by atoms with Gasteiger partial charge in [0.1, 0.15) is 17.0 Å². The van der Waals surface area contributed by atoms with Gasteiger partial charge in [-0.25, -0.2) is 14.6 Å². The van der Waals surface area contributed by atoms with Crippen molar-refractivity contribution in [3.05, 3.63) is 70.5 Å². The summed E-state index contributed by atoms with van der Waals surface area (Å²) in [5, 5.41) is 0.381. The molecule has 3 aliphatic heterocycles. The number of thioether (sulfide) groups is 1. The Labute approximate surface area is 308 Å². The van der Waals surface area contributed by atoms with Crippen molar-refractivity contribution in [1.29, 1.82) is 0 Å². The van der Waals surface area contributed by atoms with E-state index in [1.165, 1.54) is 22.3 Å². The number of H-pyrrole nitrogens is 1. The largest absolute Gasteiger partial charge is 0.444 e. The normalized spacial score (nSPS) is 25.8. The summed E-state index contributed by atoms with van der Waals surface area (Å²) in [6, 6.07) is -0.109. The second-order valence-electron chi connectivity index (χ2n) is 16.5. The number of carbonyl (C=O) groups excluding carboxylic acids is 2. The number of nitrogens with one attached hydrogen (secondary N) is 1. The van der Waals surface area contributed by atoms with Crippen molar-refractivity contribution in [3.63, 3.8) is 0 Å². The molecule has 0 aromatic carbocycles. The van der Waals surface area contributed by atoms with Crippen LogP contribution < -0.4 is 0 Å². The Morgan fingerprint density at radius 1 is 0.882 bits per heavy atom. The Hall–Kier alpha value is -3.53. The predicted molar refractivity (Wildman–Crippen MR) is 207 cm³/mol. The molecule has 2 aliphatic carbocycles. The molecule has 1 N–H and O–H groups in total. The van der Waals surface area contributed by atoms with Crippen LogP contribution in [-0.2, 0) is 9.47 Å². The van der Waals surface area contributed by atoms with Gasteiger partial charge < -0.3 is 14.5 Å². The number of hydrogen-bond acceptors (Lipinski definition) is 7. The fraction of sp³-hybridized carbons (Fsp3) is 0.610. The van der Waals surface area contributed by atoms with Gasteiger partial charge in [-0.05, 0) is 128 Å². The molecule has 4 unspecified atom stereocenters. The average Bonchev–Trinajstić information content (AvgIpc) is 3.87. The zero-order valence-corrected chi connectivity index (χ0v) is 32.7. The molecule has 0 bridgehead atoms. The van der Waals surface area contributed by atoms with Crippen LogP contribution in [0.4, 0.5) is 9.59 Å². The number of nitrogens with zero attached hydrogens (tertiary/aromatic N) is 4. The molecule has 276 valence electrons. The molecule has 2 fully saturated rings. The van der Waals surface area contributed by atoms with Crippen LogP contribution in [0.2, 0.25) is 0 Å². The molecule has 5 aliphatic rings. The highest BCUT2D eigenvalue weighted by Crippen LogP contribution is 2.39. The molecule has 9 nitrogen and oxygen atoms in total. The number of amides is 2. The smallest absolute Gasteiger partial charge is 0.410 e. The molecular formula is C41H57N5O4S. The standard InChI is InChI=1S/C41H57N5O4S/c1-9-26-20-21-32(43-36(26)35-23-31(51-8)25-46(35)39(48)50-41(5,6)7)29-16-12-27(13-17-29)28-14-18-30(19-15-28)33-24-42-37(44-33)34-11-10-22-45(34)38(47)49-40(2,3)4/h12,14,16,18,21,24,26,31,34-35H,9-11,13,15,17,19-20,22-23,25H2,1-8H3,(H,42,44). The molecule has 4 heterocycles. The molecule has 1 aromatic heterocycles. The first-order valence-corrected chi connectivity index (χ1v) is 20.2. The van der Waals surface area contributed by atoms with E-state index in [1.54, 1.807) is 0 Å². The van der Waals surface area contributed by atoms with Gasteiger partial charge in [-0.2, -0.15) is 11.8 Å². The van der Waals surface area contributed by atoms with Crippen LogP contribution in [0, 0.1) is 5.92 Å². The number of ether oxygens (including phenoxy) is 2. The van der Waals surface area contributed by atoms with Crippen LogP contribution in [0.5, 0.6) is 0 Å². The lowest BCUT2D eigenvalue weighted by atomic mass is 9.84. The number of likely N-dealkylation sites (tertiary alicyclic amines) is 2. The van der Waals surface area contributed by atoms with Crippen molar-refractivity contribution in [2.75, 3.05) is 19.3 Å². The lowest BCUT2D eigenvalue weighted by Crippen LogP contribution is -2.45. The van der Waals surface area contributed by atoms with Gasteiger partial charge in [-0.1, -0.05) is 37.3 Å². The van der Waals surface area contributed by atoms with Gasteiger partial charge in [-0.3, -0.25) is 14.8 Å². The second-order valence-corrected chi connectivity index (χ2v) is 17.6. The summed E-state index contributed by atoms with van der Waals surface area (Å²) >= 11 is 1.83. The van der Waals surface area contributed by atoms with Crippen molar-refractivity contribution in [2.24, 2.45) is 10.9 Å². The molecule has 0 radical (unpaired) electrons. The molecule has 4 atom stereocenters. The van der Waals surface area contributed by atoms with Gasteiger partial charge >= 0.3 is 12.2 Å². The molecule has 6 rings (SSSR count). The lowest BCUT2D eigenvalue weighted by Gasteiger charge is -2.33. The predicted octanol–water partition coefficient (Wildman–Crippen LogP) is 9.73. The van der Waals surface area contributed by atoms with Gasteiger partial charge in [-0.15, -0.1) is 0 Å². The summed E-state index contributed by atoms with van der Waals surface area (Å²) in [5.74, 6) is 1.17. The highest BCUT2D eigenvalue weighted by atomic mass is 32.2. The second kappa shape index (κ2) is 15.2. The number of aliphatic imine (C=N–C) groups is 1. The molecule has 1 aromatic rings. The molecule has 10 heteroatoms.